The van der Waals surface area contributed by atoms with Crippen molar-refractivity contribution < 1.29 is 9.50 Å². The molecule has 1 aromatic heterocycles. The first-order valence-corrected chi connectivity index (χ1v) is 8.19. The number of anilines is 1. The minimum absolute atomic E-state index is 0.00544. The molecular weight excluding hydrogens is 339 g/mol. The number of fused-ring (bicyclic) bond motifs is 1. The SMILES string of the molecule is CC(C)n1c(O)c(N=NC(=S)Nc2ccccc2F)c2ccccc21. The van der Waals surface area contributed by atoms with Crippen molar-refractivity contribution in [2.24, 2.45) is 10.2 Å². The van der Waals surface area contributed by atoms with E-state index >= 15 is 0 Å². The van der Waals surface area contributed by atoms with Gasteiger partial charge in [0.1, 0.15) is 5.82 Å². The molecule has 0 amide bonds. The van der Waals surface area contributed by atoms with Crippen LogP contribution < -0.4 is 5.32 Å². The van der Waals surface area contributed by atoms with Gasteiger partial charge in [-0.05, 0) is 44.3 Å². The Balaban J connectivity index is 1.93. The Hall–Kier alpha value is -2.80. The number of hydrogen-bond acceptors (Lipinski definition) is 3. The summed E-state index contributed by atoms with van der Waals surface area (Å²) < 4.78 is 15.4. The van der Waals surface area contributed by atoms with E-state index in [9.17, 15) is 9.50 Å². The van der Waals surface area contributed by atoms with Gasteiger partial charge in [-0.1, -0.05) is 30.3 Å². The highest BCUT2D eigenvalue weighted by Gasteiger charge is 2.18. The molecule has 0 spiro atoms. The van der Waals surface area contributed by atoms with E-state index in [1.807, 2.05) is 38.1 Å². The van der Waals surface area contributed by atoms with Gasteiger partial charge < -0.3 is 15.0 Å². The van der Waals surface area contributed by atoms with Crippen molar-refractivity contribution in [1.82, 2.24) is 4.57 Å². The lowest BCUT2D eigenvalue weighted by molar-refractivity contribution is 0.407. The molecule has 7 heteroatoms. The Morgan fingerprint density at radius 1 is 1.16 bits per heavy atom. The topological polar surface area (TPSA) is 61.9 Å². The number of rotatable bonds is 3. The number of aromatic hydroxyl groups is 1. The third kappa shape index (κ3) is 3.36. The smallest absolute Gasteiger partial charge is 0.221 e. The monoisotopic (exact) mass is 356 g/mol. The van der Waals surface area contributed by atoms with E-state index in [0.717, 1.165) is 10.9 Å². The third-order valence-electron chi connectivity index (χ3n) is 3.73. The van der Waals surface area contributed by atoms with Crippen LogP contribution in [0.25, 0.3) is 10.9 Å². The van der Waals surface area contributed by atoms with Crippen molar-refractivity contribution >= 4 is 39.6 Å². The van der Waals surface area contributed by atoms with Crippen LogP contribution in [0.3, 0.4) is 0 Å². The number of hydrogen-bond donors (Lipinski definition) is 2. The second-order valence-corrected chi connectivity index (χ2v) is 6.15. The zero-order valence-corrected chi connectivity index (χ0v) is 14.6. The maximum Gasteiger partial charge on any atom is 0.221 e. The fourth-order valence-corrected chi connectivity index (χ4v) is 2.80. The molecule has 0 aliphatic heterocycles. The molecule has 5 nitrogen and oxygen atoms in total. The van der Waals surface area contributed by atoms with Gasteiger partial charge in [-0.3, -0.25) is 0 Å². The molecule has 2 aromatic carbocycles. The summed E-state index contributed by atoms with van der Waals surface area (Å²) in [5.74, 6) is -0.409. The van der Waals surface area contributed by atoms with Crippen LogP contribution in [-0.4, -0.2) is 14.8 Å². The zero-order chi connectivity index (χ0) is 18.0. The summed E-state index contributed by atoms with van der Waals surface area (Å²) in [6.07, 6.45) is 0. The van der Waals surface area contributed by atoms with Crippen molar-refractivity contribution in [3.05, 3.63) is 54.3 Å². The molecule has 0 saturated carbocycles. The number of azo groups is 1. The van der Waals surface area contributed by atoms with E-state index in [1.54, 1.807) is 22.8 Å². The molecule has 25 heavy (non-hydrogen) atoms. The van der Waals surface area contributed by atoms with Crippen LogP contribution in [-0.2, 0) is 0 Å². The Morgan fingerprint density at radius 2 is 1.84 bits per heavy atom. The molecule has 2 N–H and O–H groups in total. The Bertz CT molecular complexity index is 965. The maximum atomic E-state index is 13.6. The van der Waals surface area contributed by atoms with Crippen molar-refractivity contribution in [3.63, 3.8) is 0 Å². The van der Waals surface area contributed by atoms with Crippen LogP contribution >= 0.6 is 12.2 Å². The molecule has 0 bridgehead atoms. The number of thiocarbonyl (C=S) groups is 1. The van der Waals surface area contributed by atoms with Gasteiger partial charge in [-0.25, -0.2) is 4.39 Å². The van der Waals surface area contributed by atoms with E-state index in [0.29, 0.717) is 5.69 Å². The molecular formula is C18H17FN4OS. The molecule has 0 radical (unpaired) electrons. The molecule has 0 aliphatic carbocycles. The second kappa shape index (κ2) is 6.98. The molecule has 0 atom stereocenters. The van der Waals surface area contributed by atoms with Crippen molar-refractivity contribution in [2.75, 3.05) is 5.32 Å². The van der Waals surface area contributed by atoms with Crippen molar-refractivity contribution in [3.8, 4) is 5.88 Å². The first kappa shape index (κ1) is 17.0. The van der Waals surface area contributed by atoms with Crippen molar-refractivity contribution in [1.29, 1.82) is 0 Å². The highest BCUT2D eigenvalue weighted by molar-refractivity contribution is 7.80. The summed E-state index contributed by atoms with van der Waals surface area (Å²) in [6, 6.07) is 13.7. The number of halogens is 1. The molecule has 0 fully saturated rings. The first-order chi connectivity index (χ1) is 12.0. The van der Waals surface area contributed by atoms with E-state index in [2.05, 4.69) is 15.5 Å². The van der Waals surface area contributed by atoms with Crippen LogP contribution in [0.5, 0.6) is 5.88 Å². The molecule has 0 saturated heterocycles. The molecule has 3 rings (SSSR count). The van der Waals surface area contributed by atoms with Gasteiger partial charge >= 0.3 is 0 Å². The molecule has 0 aliphatic rings. The average molecular weight is 356 g/mol. The van der Waals surface area contributed by atoms with E-state index in [1.165, 1.54) is 6.07 Å². The summed E-state index contributed by atoms with van der Waals surface area (Å²) in [5, 5.41) is 22.0. The van der Waals surface area contributed by atoms with Crippen LogP contribution in [0.15, 0.2) is 58.8 Å². The number of nitrogens with one attached hydrogen (secondary N) is 1. The van der Waals surface area contributed by atoms with Gasteiger partial charge in [-0.2, -0.15) is 0 Å². The fourth-order valence-electron chi connectivity index (χ4n) is 2.65. The molecule has 3 aromatic rings. The number of aromatic nitrogens is 1. The predicted octanol–water partition coefficient (Wildman–Crippen LogP) is 5.55. The van der Waals surface area contributed by atoms with Crippen molar-refractivity contribution in [2.45, 2.75) is 19.9 Å². The third-order valence-corrected chi connectivity index (χ3v) is 3.92. The minimum atomic E-state index is -0.431. The average Bonchev–Trinajstić information content (AvgIpc) is 2.86. The summed E-state index contributed by atoms with van der Waals surface area (Å²) in [5.41, 5.74) is 1.42. The van der Waals surface area contributed by atoms with Crippen LogP contribution in [0.1, 0.15) is 19.9 Å². The number of nitrogens with zero attached hydrogens (tertiary/aromatic N) is 3. The first-order valence-electron chi connectivity index (χ1n) is 7.78. The number of para-hydroxylation sites is 2. The largest absolute Gasteiger partial charge is 0.493 e. The highest BCUT2D eigenvalue weighted by atomic mass is 32.1. The predicted molar refractivity (Wildman–Crippen MR) is 101 cm³/mol. The van der Waals surface area contributed by atoms with Crippen LogP contribution in [0.2, 0.25) is 0 Å². The van der Waals surface area contributed by atoms with E-state index in [4.69, 9.17) is 12.2 Å². The summed E-state index contributed by atoms with van der Waals surface area (Å²) in [6.45, 7) is 3.94. The maximum absolute atomic E-state index is 13.6. The standard InChI is InChI=1S/C18H17FN4OS/c1-11(2)23-15-10-6-3-7-12(15)16(17(23)24)21-22-18(25)20-14-9-5-4-8-13(14)19/h3-11,24H,1-2H3,(H,20,25). The van der Waals surface area contributed by atoms with Gasteiger partial charge in [0.2, 0.25) is 11.0 Å². The Morgan fingerprint density at radius 3 is 2.56 bits per heavy atom. The van der Waals surface area contributed by atoms with E-state index < -0.39 is 5.82 Å². The summed E-state index contributed by atoms with van der Waals surface area (Å²) >= 11 is 5.09. The quantitative estimate of drug-likeness (QED) is 0.478. The summed E-state index contributed by atoms with van der Waals surface area (Å²) in [7, 11) is 0. The van der Waals surface area contributed by atoms with E-state index in [-0.39, 0.29) is 22.7 Å². The molecule has 128 valence electrons. The van der Waals surface area contributed by atoms with Gasteiger partial charge in [-0.15, -0.1) is 10.2 Å². The Kier molecular flexibility index (Phi) is 4.76. The lowest BCUT2D eigenvalue weighted by Crippen LogP contribution is -2.06. The van der Waals surface area contributed by atoms with Crippen LogP contribution in [0, 0.1) is 5.82 Å². The van der Waals surface area contributed by atoms with Crippen LogP contribution in [0.4, 0.5) is 15.8 Å². The summed E-state index contributed by atoms with van der Waals surface area (Å²) in [4.78, 5) is 0. The Labute approximate surface area is 149 Å². The molecule has 1 heterocycles. The molecule has 0 unspecified atom stereocenters. The second-order valence-electron chi connectivity index (χ2n) is 5.76. The lowest BCUT2D eigenvalue weighted by Gasteiger charge is -2.10. The number of benzene rings is 2. The fraction of sp³-hybridized carbons (Fsp3) is 0.167. The highest BCUT2D eigenvalue weighted by Crippen LogP contribution is 2.40. The van der Waals surface area contributed by atoms with Gasteiger partial charge in [0.05, 0.1) is 11.2 Å². The zero-order valence-electron chi connectivity index (χ0n) is 13.8. The van der Waals surface area contributed by atoms with Gasteiger partial charge in [0.25, 0.3) is 0 Å². The van der Waals surface area contributed by atoms with Gasteiger partial charge in [0, 0.05) is 11.4 Å². The van der Waals surface area contributed by atoms with Gasteiger partial charge in [0.15, 0.2) is 5.69 Å². The minimum Gasteiger partial charge on any atom is -0.493 e. The lowest BCUT2D eigenvalue weighted by atomic mass is 10.2. The normalized spacial score (nSPS) is 11.5.